The number of hydrogen-bond acceptors (Lipinski definition) is 4. The van der Waals surface area contributed by atoms with Gasteiger partial charge in [-0.3, -0.25) is 4.79 Å². The molecule has 0 saturated heterocycles. The molecule has 3 rings (SSSR count). The largest absolute Gasteiger partial charge is 0.493 e. The lowest BCUT2D eigenvalue weighted by molar-refractivity contribution is 0.0557. The highest BCUT2D eigenvalue weighted by Crippen LogP contribution is 2.26. The molecule has 1 aromatic heterocycles. The van der Waals surface area contributed by atoms with Crippen molar-refractivity contribution in [3.8, 4) is 5.75 Å². The Labute approximate surface area is 127 Å². The summed E-state index contributed by atoms with van der Waals surface area (Å²) < 4.78 is 5.43. The molecule has 21 heavy (non-hydrogen) atoms. The smallest absolute Gasteiger partial charge is 0.251 e. The van der Waals surface area contributed by atoms with Gasteiger partial charge in [-0.2, -0.15) is 0 Å². The second-order valence-electron chi connectivity index (χ2n) is 5.35. The van der Waals surface area contributed by atoms with Crippen LogP contribution in [0.5, 0.6) is 5.75 Å². The highest BCUT2D eigenvalue weighted by atomic mass is 32.1. The van der Waals surface area contributed by atoms with Crippen molar-refractivity contribution in [1.82, 2.24) is 5.32 Å². The summed E-state index contributed by atoms with van der Waals surface area (Å²) in [5.41, 5.74) is 0.609. The summed E-state index contributed by atoms with van der Waals surface area (Å²) in [6, 6.07) is 9.19. The average Bonchev–Trinajstić information content (AvgIpc) is 3.14. The van der Waals surface area contributed by atoms with Crippen LogP contribution in [0, 0.1) is 0 Å². The van der Waals surface area contributed by atoms with Crippen LogP contribution in [0.25, 0.3) is 0 Å². The maximum atomic E-state index is 12.2. The fourth-order valence-electron chi connectivity index (χ4n) is 2.35. The molecule has 0 radical (unpaired) electrons. The van der Waals surface area contributed by atoms with E-state index in [0.717, 1.165) is 22.6 Å². The number of thiophene rings is 1. The molecule has 110 valence electrons. The number of benzene rings is 1. The summed E-state index contributed by atoms with van der Waals surface area (Å²) in [6.07, 6.45) is 0.837. The van der Waals surface area contributed by atoms with E-state index in [1.54, 1.807) is 13.0 Å². The SMILES string of the molecule is CC(O)(CNC(=O)c1ccc2c(c1)CCO2)c1cccs1. The zero-order chi connectivity index (χ0) is 14.9. The Kier molecular flexibility index (Phi) is 3.69. The molecule has 1 aromatic carbocycles. The van der Waals surface area contributed by atoms with Crippen LogP contribution in [0.4, 0.5) is 0 Å². The van der Waals surface area contributed by atoms with Crippen LogP contribution in [0.2, 0.25) is 0 Å². The van der Waals surface area contributed by atoms with E-state index in [1.165, 1.54) is 11.3 Å². The Morgan fingerprint density at radius 3 is 3.10 bits per heavy atom. The van der Waals surface area contributed by atoms with Crippen LogP contribution in [-0.2, 0) is 12.0 Å². The minimum Gasteiger partial charge on any atom is -0.493 e. The summed E-state index contributed by atoms with van der Waals surface area (Å²) in [6.45, 7) is 2.56. The Hall–Kier alpha value is -1.85. The fourth-order valence-corrected chi connectivity index (χ4v) is 3.14. The molecule has 0 spiro atoms. The maximum Gasteiger partial charge on any atom is 0.251 e. The number of ether oxygens (including phenoxy) is 1. The molecule has 4 nitrogen and oxygen atoms in total. The predicted octanol–water partition coefficient (Wildman–Crippen LogP) is 2.32. The first-order valence-electron chi connectivity index (χ1n) is 6.86. The predicted molar refractivity (Wildman–Crippen MR) is 81.9 cm³/mol. The van der Waals surface area contributed by atoms with Crippen molar-refractivity contribution in [2.45, 2.75) is 18.9 Å². The summed E-state index contributed by atoms with van der Waals surface area (Å²) in [7, 11) is 0. The van der Waals surface area contributed by atoms with Crippen LogP contribution < -0.4 is 10.1 Å². The van der Waals surface area contributed by atoms with Gasteiger partial charge in [-0.05, 0) is 42.1 Å². The third-order valence-corrected chi connectivity index (χ3v) is 4.72. The van der Waals surface area contributed by atoms with E-state index in [1.807, 2.05) is 29.6 Å². The second-order valence-corrected chi connectivity index (χ2v) is 6.30. The van der Waals surface area contributed by atoms with Gasteiger partial charge in [-0.25, -0.2) is 0 Å². The van der Waals surface area contributed by atoms with Gasteiger partial charge in [0, 0.05) is 16.9 Å². The lowest BCUT2D eigenvalue weighted by Gasteiger charge is -2.22. The van der Waals surface area contributed by atoms with E-state index in [2.05, 4.69) is 5.32 Å². The molecule has 2 aromatic rings. The zero-order valence-electron chi connectivity index (χ0n) is 11.8. The number of aliphatic hydroxyl groups is 1. The Morgan fingerprint density at radius 2 is 2.33 bits per heavy atom. The van der Waals surface area contributed by atoms with Crippen LogP contribution in [-0.4, -0.2) is 24.2 Å². The minimum absolute atomic E-state index is 0.179. The Bertz CT molecular complexity index is 650. The normalized spacial score (nSPS) is 15.9. The summed E-state index contributed by atoms with van der Waals surface area (Å²) in [5.74, 6) is 0.679. The van der Waals surface area contributed by atoms with Crippen molar-refractivity contribution in [1.29, 1.82) is 0 Å². The lowest BCUT2D eigenvalue weighted by atomic mass is 10.0. The third kappa shape index (κ3) is 2.94. The van der Waals surface area contributed by atoms with E-state index in [9.17, 15) is 9.90 Å². The molecule has 0 bridgehead atoms. The first kappa shape index (κ1) is 14.1. The minimum atomic E-state index is -1.05. The molecule has 5 heteroatoms. The van der Waals surface area contributed by atoms with Crippen molar-refractivity contribution in [2.24, 2.45) is 0 Å². The van der Waals surface area contributed by atoms with Gasteiger partial charge in [0.05, 0.1) is 13.2 Å². The molecule has 1 aliphatic heterocycles. The molecule has 2 N–H and O–H groups in total. The van der Waals surface area contributed by atoms with Crippen molar-refractivity contribution in [3.05, 3.63) is 51.7 Å². The Balaban J connectivity index is 1.67. The molecule has 1 amide bonds. The van der Waals surface area contributed by atoms with Crippen molar-refractivity contribution in [2.75, 3.05) is 13.2 Å². The van der Waals surface area contributed by atoms with E-state index in [0.29, 0.717) is 12.2 Å². The maximum absolute atomic E-state index is 12.2. The van der Waals surface area contributed by atoms with Gasteiger partial charge in [0.2, 0.25) is 0 Å². The average molecular weight is 303 g/mol. The van der Waals surface area contributed by atoms with Crippen LogP contribution in [0.3, 0.4) is 0 Å². The van der Waals surface area contributed by atoms with E-state index in [4.69, 9.17) is 4.74 Å². The molecular formula is C16H17NO3S. The van der Waals surface area contributed by atoms with Gasteiger partial charge < -0.3 is 15.2 Å². The topological polar surface area (TPSA) is 58.6 Å². The molecule has 1 unspecified atom stereocenters. The van der Waals surface area contributed by atoms with Gasteiger partial charge in [0.1, 0.15) is 11.4 Å². The first-order valence-corrected chi connectivity index (χ1v) is 7.74. The van der Waals surface area contributed by atoms with Crippen LogP contribution in [0.1, 0.15) is 27.7 Å². The summed E-state index contributed by atoms with van der Waals surface area (Å²) in [4.78, 5) is 13.0. The molecule has 0 aliphatic carbocycles. The highest BCUT2D eigenvalue weighted by Gasteiger charge is 2.25. The quantitative estimate of drug-likeness (QED) is 0.911. The molecule has 2 heterocycles. The Morgan fingerprint density at radius 1 is 1.48 bits per heavy atom. The number of nitrogens with one attached hydrogen (secondary N) is 1. The fraction of sp³-hybridized carbons (Fsp3) is 0.312. The molecule has 0 fully saturated rings. The van der Waals surface area contributed by atoms with Crippen LogP contribution >= 0.6 is 11.3 Å². The first-order chi connectivity index (χ1) is 10.1. The van der Waals surface area contributed by atoms with E-state index < -0.39 is 5.60 Å². The number of fused-ring (bicyclic) bond motifs is 1. The highest BCUT2D eigenvalue weighted by molar-refractivity contribution is 7.10. The standard InChI is InChI=1S/C16H17NO3S/c1-16(19,14-3-2-8-21-14)10-17-15(18)12-4-5-13-11(9-12)6-7-20-13/h2-5,8-9,19H,6-7,10H2,1H3,(H,17,18). The number of carbonyl (C=O) groups is 1. The van der Waals surface area contributed by atoms with Gasteiger partial charge in [0.15, 0.2) is 0 Å². The van der Waals surface area contributed by atoms with E-state index >= 15 is 0 Å². The summed E-state index contributed by atoms with van der Waals surface area (Å²) >= 11 is 1.48. The third-order valence-electron chi connectivity index (χ3n) is 3.60. The number of rotatable bonds is 4. The van der Waals surface area contributed by atoms with Crippen molar-refractivity contribution >= 4 is 17.2 Å². The molecule has 1 aliphatic rings. The lowest BCUT2D eigenvalue weighted by Crippen LogP contribution is -2.38. The molecule has 0 saturated carbocycles. The monoisotopic (exact) mass is 303 g/mol. The van der Waals surface area contributed by atoms with Gasteiger partial charge in [-0.15, -0.1) is 11.3 Å². The second kappa shape index (κ2) is 5.50. The van der Waals surface area contributed by atoms with E-state index in [-0.39, 0.29) is 12.5 Å². The zero-order valence-corrected chi connectivity index (χ0v) is 12.6. The van der Waals surface area contributed by atoms with Gasteiger partial charge >= 0.3 is 0 Å². The van der Waals surface area contributed by atoms with Gasteiger partial charge in [0.25, 0.3) is 5.91 Å². The van der Waals surface area contributed by atoms with Crippen LogP contribution in [0.15, 0.2) is 35.7 Å². The van der Waals surface area contributed by atoms with Crippen molar-refractivity contribution < 1.29 is 14.6 Å². The van der Waals surface area contributed by atoms with Crippen molar-refractivity contribution in [3.63, 3.8) is 0 Å². The van der Waals surface area contributed by atoms with Gasteiger partial charge in [-0.1, -0.05) is 6.07 Å². The number of amides is 1. The molecular weight excluding hydrogens is 286 g/mol. The number of hydrogen-bond donors (Lipinski definition) is 2. The molecule has 1 atom stereocenters. The summed E-state index contributed by atoms with van der Waals surface area (Å²) in [5, 5.41) is 15.1. The number of carbonyl (C=O) groups excluding carboxylic acids is 1.